The fourth-order valence-corrected chi connectivity index (χ4v) is 0.384. The molecule has 0 aliphatic carbocycles. The minimum absolute atomic E-state index is 0.0203. The fourth-order valence-electron chi connectivity index (χ4n) is 0.384. The number of aliphatic hydroxyl groups excluding tert-OH is 1. The standard InChI is InChI=1S/C6H12O5/c1-6(8)11-10-5-4-9-3-2-7/h7H,2-5H2,1H3. The van der Waals surface area contributed by atoms with Crippen LogP contribution in [0.25, 0.3) is 0 Å². The summed E-state index contributed by atoms with van der Waals surface area (Å²) in [7, 11) is 0. The first-order valence-corrected chi connectivity index (χ1v) is 3.26. The van der Waals surface area contributed by atoms with Crippen LogP contribution < -0.4 is 0 Å². The maximum absolute atomic E-state index is 10.1. The minimum atomic E-state index is -0.493. The highest BCUT2D eigenvalue weighted by Crippen LogP contribution is 1.80. The third kappa shape index (κ3) is 9.35. The molecule has 0 unspecified atom stereocenters. The lowest BCUT2D eigenvalue weighted by molar-refractivity contribution is -0.274. The molecule has 0 aromatic rings. The third-order valence-electron chi connectivity index (χ3n) is 0.723. The van der Waals surface area contributed by atoms with E-state index in [4.69, 9.17) is 9.84 Å². The van der Waals surface area contributed by atoms with Crippen LogP contribution in [0.15, 0.2) is 0 Å². The van der Waals surface area contributed by atoms with Crippen LogP contribution in [0.5, 0.6) is 0 Å². The van der Waals surface area contributed by atoms with Crippen LogP contribution in [0.2, 0.25) is 0 Å². The predicted molar refractivity (Wildman–Crippen MR) is 35.6 cm³/mol. The molecule has 0 saturated carbocycles. The zero-order valence-corrected chi connectivity index (χ0v) is 6.41. The summed E-state index contributed by atoms with van der Waals surface area (Å²) in [6.07, 6.45) is 0. The highest BCUT2D eigenvalue weighted by atomic mass is 17.2. The number of ether oxygens (including phenoxy) is 1. The van der Waals surface area contributed by atoms with Crippen molar-refractivity contribution < 1.29 is 24.4 Å². The van der Waals surface area contributed by atoms with Crippen LogP contribution in [-0.4, -0.2) is 37.5 Å². The first-order chi connectivity index (χ1) is 5.27. The van der Waals surface area contributed by atoms with E-state index in [1.54, 1.807) is 0 Å². The maximum atomic E-state index is 10.1. The quantitative estimate of drug-likeness (QED) is 0.325. The number of carbonyl (C=O) groups is 1. The molecule has 0 aromatic heterocycles. The molecule has 5 nitrogen and oxygen atoms in total. The summed E-state index contributed by atoms with van der Waals surface area (Å²) in [6.45, 7) is 1.97. The molecule has 0 rings (SSSR count). The summed E-state index contributed by atoms with van der Waals surface area (Å²) in [5.74, 6) is -0.493. The molecular weight excluding hydrogens is 152 g/mol. The molecule has 0 fully saturated rings. The Kier molecular flexibility index (Phi) is 7.02. The maximum Gasteiger partial charge on any atom is 0.339 e. The van der Waals surface area contributed by atoms with Crippen molar-refractivity contribution in [1.29, 1.82) is 0 Å². The lowest BCUT2D eigenvalue weighted by atomic mass is 10.7. The van der Waals surface area contributed by atoms with Crippen LogP contribution in [0.4, 0.5) is 0 Å². The van der Waals surface area contributed by atoms with Gasteiger partial charge in [0.25, 0.3) is 0 Å². The number of hydrogen-bond acceptors (Lipinski definition) is 5. The normalized spacial score (nSPS) is 9.64. The largest absolute Gasteiger partial charge is 0.394 e. The Morgan fingerprint density at radius 3 is 2.64 bits per heavy atom. The lowest BCUT2D eigenvalue weighted by Gasteiger charge is -2.01. The summed E-state index contributed by atoms with van der Waals surface area (Å²) in [5, 5.41) is 8.26. The van der Waals surface area contributed by atoms with Gasteiger partial charge in [-0.25, -0.2) is 4.79 Å². The van der Waals surface area contributed by atoms with Gasteiger partial charge in [-0.1, -0.05) is 0 Å². The van der Waals surface area contributed by atoms with Crippen LogP contribution in [0, 0.1) is 0 Å². The van der Waals surface area contributed by atoms with Gasteiger partial charge in [-0.2, -0.15) is 4.89 Å². The van der Waals surface area contributed by atoms with Gasteiger partial charge >= 0.3 is 5.97 Å². The number of carbonyl (C=O) groups excluding carboxylic acids is 1. The summed E-state index contributed by atoms with van der Waals surface area (Å²) >= 11 is 0. The molecule has 66 valence electrons. The molecule has 0 bridgehead atoms. The van der Waals surface area contributed by atoms with Crippen molar-refractivity contribution in [2.24, 2.45) is 0 Å². The predicted octanol–water partition coefficient (Wildman–Crippen LogP) is -0.510. The molecule has 0 aliphatic heterocycles. The Labute approximate surface area is 64.8 Å². The van der Waals surface area contributed by atoms with Crippen LogP contribution in [0.1, 0.15) is 6.92 Å². The van der Waals surface area contributed by atoms with Gasteiger partial charge in [0, 0.05) is 6.92 Å². The first kappa shape index (κ1) is 10.3. The highest BCUT2D eigenvalue weighted by Gasteiger charge is 1.92. The van der Waals surface area contributed by atoms with Crippen molar-refractivity contribution in [1.82, 2.24) is 0 Å². The monoisotopic (exact) mass is 164 g/mol. The topological polar surface area (TPSA) is 65.0 Å². The second-order valence-corrected chi connectivity index (χ2v) is 1.73. The molecule has 0 heterocycles. The van der Waals surface area contributed by atoms with E-state index in [-0.39, 0.29) is 19.8 Å². The van der Waals surface area contributed by atoms with Gasteiger partial charge in [-0.3, -0.25) is 4.89 Å². The molecule has 11 heavy (non-hydrogen) atoms. The smallest absolute Gasteiger partial charge is 0.339 e. The Balaban J connectivity index is 2.85. The molecule has 1 N–H and O–H groups in total. The fraction of sp³-hybridized carbons (Fsp3) is 0.833. The Bertz CT molecular complexity index is 103. The van der Waals surface area contributed by atoms with Gasteiger partial charge in [0.1, 0.15) is 6.61 Å². The Hall–Kier alpha value is -0.650. The van der Waals surface area contributed by atoms with Crippen LogP contribution in [-0.2, 0) is 19.3 Å². The van der Waals surface area contributed by atoms with Crippen molar-refractivity contribution in [3.63, 3.8) is 0 Å². The zero-order valence-electron chi connectivity index (χ0n) is 6.41. The van der Waals surface area contributed by atoms with Crippen LogP contribution >= 0.6 is 0 Å². The van der Waals surface area contributed by atoms with Gasteiger partial charge in [0.2, 0.25) is 0 Å². The molecular formula is C6H12O5. The van der Waals surface area contributed by atoms with Gasteiger partial charge in [0.15, 0.2) is 0 Å². The summed E-state index contributed by atoms with van der Waals surface area (Å²) in [6, 6.07) is 0. The van der Waals surface area contributed by atoms with Gasteiger partial charge in [-0.05, 0) is 0 Å². The van der Waals surface area contributed by atoms with E-state index in [2.05, 4.69) is 9.78 Å². The first-order valence-electron chi connectivity index (χ1n) is 3.26. The van der Waals surface area contributed by atoms with E-state index in [9.17, 15) is 4.79 Å². The van der Waals surface area contributed by atoms with Crippen LogP contribution in [0.3, 0.4) is 0 Å². The number of aliphatic hydroxyl groups is 1. The van der Waals surface area contributed by atoms with E-state index < -0.39 is 5.97 Å². The average molecular weight is 164 g/mol. The molecule has 0 aromatic carbocycles. The van der Waals surface area contributed by atoms with E-state index in [1.165, 1.54) is 6.92 Å². The summed E-state index contributed by atoms with van der Waals surface area (Å²) < 4.78 is 4.80. The van der Waals surface area contributed by atoms with Crippen molar-refractivity contribution in [3.8, 4) is 0 Å². The van der Waals surface area contributed by atoms with Crippen molar-refractivity contribution >= 4 is 5.97 Å². The third-order valence-corrected chi connectivity index (χ3v) is 0.723. The molecule has 0 spiro atoms. The van der Waals surface area contributed by atoms with E-state index in [0.717, 1.165) is 0 Å². The van der Waals surface area contributed by atoms with E-state index >= 15 is 0 Å². The van der Waals surface area contributed by atoms with Crippen molar-refractivity contribution in [2.45, 2.75) is 6.92 Å². The summed E-state index contributed by atoms with van der Waals surface area (Å²) in [5.41, 5.74) is 0. The molecule has 0 radical (unpaired) electrons. The second kappa shape index (κ2) is 7.46. The minimum Gasteiger partial charge on any atom is -0.394 e. The number of hydrogen-bond donors (Lipinski definition) is 1. The molecule has 0 amide bonds. The average Bonchev–Trinajstić information content (AvgIpc) is 1.96. The zero-order chi connectivity index (χ0) is 8.53. The Morgan fingerprint density at radius 2 is 2.09 bits per heavy atom. The van der Waals surface area contributed by atoms with Gasteiger partial charge < -0.3 is 9.84 Å². The Morgan fingerprint density at radius 1 is 1.36 bits per heavy atom. The SMILES string of the molecule is CC(=O)OOCCOCCO. The van der Waals surface area contributed by atoms with E-state index in [0.29, 0.717) is 6.61 Å². The van der Waals surface area contributed by atoms with Gasteiger partial charge in [-0.15, -0.1) is 0 Å². The van der Waals surface area contributed by atoms with Crippen molar-refractivity contribution in [2.75, 3.05) is 26.4 Å². The molecule has 0 saturated heterocycles. The summed E-state index contributed by atoms with van der Waals surface area (Å²) in [4.78, 5) is 18.6. The highest BCUT2D eigenvalue weighted by molar-refractivity contribution is 5.65. The molecule has 0 aliphatic rings. The second-order valence-electron chi connectivity index (χ2n) is 1.73. The van der Waals surface area contributed by atoms with Gasteiger partial charge in [0.05, 0.1) is 19.8 Å². The van der Waals surface area contributed by atoms with Crippen molar-refractivity contribution in [3.05, 3.63) is 0 Å². The molecule has 0 atom stereocenters. The number of rotatable bonds is 6. The lowest BCUT2D eigenvalue weighted by Crippen LogP contribution is -2.09. The molecule has 5 heteroatoms. The van der Waals surface area contributed by atoms with E-state index in [1.807, 2.05) is 0 Å².